The summed E-state index contributed by atoms with van der Waals surface area (Å²) in [7, 11) is 1.69. The molecule has 41 heavy (non-hydrogen) atoms. The summed E-state index contributed by atoms with van der Waals surface area (Å²) in [5.41, 5.74) is 7.71. The average Bonchev–Trinajstić information content (AvgIpc) is 3.58. The third-order valence-electron chi connectivity index (χ3n) is 7.34. The number of aromatic nitrogens is 5. The number of benzene rings is 2. The van der Waals surface area contributed by atoms with Crippen LogP contribution in [-0.4, -0.2) is 37.0 Å². The largest absolute Gasteiger partial charge is 0.375 e. The van der Waals surface area contributed by atoms with E-state index in [2.05, 4.69) is 15.0 Å². The van der Waals surface area contributed by atoms with Crippen molar-refractivity contribution in [1.82, 2.24) is 24.1 Å². The van der Waals surface area contributed by atoms with Crippen LogP contribution in [0.2, 0.25) is 0 Å². The minimum absolute atomic E-state index is 0.166. The van der Waals surface area contributed by atoms with Crippen LogP contribution in [0.5, 0.6) is 0 Å². The van der Waals surface area contributed by atoms with E-state index >= 15 is 0 Å². The molecule has 3 aromatic heterocycles. The van der Waals surface area contributed by atoms with Gasteiger partial charge in [0, 0.05) is 31.3 Å². The lowest BCUT2D eigenvalue weighted by molar-refractivity contribution is 0.0996. The number of H-pyrrole nitrogens is 1. The van der Waals surface area contributed by atoms with Crippen molar-refractivity contribution in [2.45, 2.75) is 39.3 Å². The molecule has 2 aromatic carbocycles. The van der Waals surface area contributed by atoms with Crippen LogP contribution < -0.4 is 21.9 Å². The fourth-order valence-corrected chi connectivity index (χ4v) is 5.68. The molecule has 1 amide bonds. The Labute approximate surface area is 237 Å². The fourth-order valence-electron chi connectivity index (χ4n) is 4.87. The molecular weight excluding hydrogens is 545 g/mol. The molecule has 0 aliphatic heterocycles. The van der Waals surface area contributed by atoms with Crippen molar-refractivity contribution in [3.63, 3.8) is 0 Å². The SMILES string of the molecule is Cc1nc(N)sc1C(=O)N(C)c1ccc(Cc2nc3c([nH]2)c(=O)n(Cc2ccccc2F)c(=O)n3CC2CC2)cc1. The van der Waals surface area contributed by atoms with Gasteiger partial charge in [0.25, 0.3) is 11.5 Å². The van der Waals surface area contributed by atoms with E-state index < -0.39 is 17.1 Å². The van der Waals surface area contributed by atoms with Gasteiger partial charge in [-0.2, -0.15) is 0 Å². The highest BCUT2D eigenvalue weighted by Gasteiger charge is 2.26. The molecule has 0 unspecified atom stereocenters. The molecule has 10 nitrogen and oxygen atoms in total. The molecule has 5 aromatic rings. The third kappa shape index (κ3) is 5.18. The molecule has 0 atom stereocenters. The molecular formula is C29H28FN7O3S. The van der Waals surface area contributed by atoms with Crippen LogP contribution in [0, 0.1) is 18.7 Å². The van der Waals surface area contributed by atoms with E-state index in [-0.39, 0.29) is 23.5 Å². The van der Waals surface area contributed by atoms with Gasteiger partial charge in [-0.25, -0.2) is 19.2 Å². The Bertz CT molecular complexity index is 1900. The number of nitrogen functional groups attached to an aromatic ring is 1. The lowest BCUT2D eigenvalue weighted by Crippen LogP contribution is -2.40. The van der Waals surface area contributed by atoms with Crippen molar-refractivity contribution < 1.29 is 9.18 Å². The number of hydrogen-bond donors (Lipinski definition) is 2. The summed E-state index contributed by atoms with van der Waals surface area (Å²) in [5, 5.41) is 0.349. The average molecular weight is 574 g/mol. The topological polar surface area (TPSA) is 132 Å². The van der Waals surface area contributed by atoms with Gasteiger partial charge in [-0.1, -0.05) is 41.7 Å². The van der Waals surface area contributed by atoms with Gasteiger partial charge in [0.05, 0.1) is 12.2 Å². The van der Waals surface area contributed by atoms with Gasteiger partial charge in [0.1, 0.15) is 22.0 Å². The molecule has 0 bridgehead atoms. The molecule has 3 N–H and O–H groups in total. The van der Waals surface area contributed by atoms with Crippen molar-refractivity contribution in [3.8, 4) is 0 Å². The van der Waals surface area contributed by atoms with E-state index in [1.807, 2.05) is 24.3 Å². The maximum absolute atomic E-state index is 14.4. The summed E-state index contributed by atoms with van der Waals surface area (Å²) in [6.07, 6.45) is 2.40. The second-order valence-electron chi connectivity index (χ2n) is 10.4. The van der Waals surface area contributed by atoms with E-state index in [9.17, 15) is 18.8 Å². The van der Waals surface area contributed by atoms with Gasteiger partial charge in [0.15, 0.2) is 10.8 Å². The predicted molar refractivity (Wildman–Crippen MR) is 156 cm³/mol. The van der Waals surface area contributed by atoms with Crippen LogP contribution in [0.1, 0.15) is 45.2 Å². The Morgan fingerprint density at radius 3 is 2.51 bits per heavy atom. The highest BCUT2D eigenvalue weighted by Crippen LogP contribution is 2.31. The number of hydrogen-bond acceptors (Lipinski definition) is 7. The molecule has 6 rings (SSSR count). The molecule has 1 aliphatic carbocycles. The zero-order valence-corrected chi connectivity index (χ0v) is 23.4. The standard InChI is InChI=1S/C29H28FN7O3S/c1-16-24(41-28(31)32-16)27(39)35(2)20-11-9-17(10-12-20)13-22-33-23-25(34-22)36(14-18-7-8-18)29(40)37(26(23)38)15-19-5-3-4-6-21(19)30/h3-6,9-12,18H,7-8,13-15H2,1-2H3,(H2,31,32)(H,33,34). The number of thiazole rings is 1. The number of imidazole rings is 1. The van der Waals surface area contributed by atoms with Crippen LogP contribution in [0.4, 0.5) is 15.2 Å². The van der Waals surface area contributed by atoms with Gasteiger partial charge in [-0.3, -0.25) is 18.7 Å². The van der Waals surface area contributed by atoms with Gasteiger partial charge in [-0.15, -0.1) is 0 Å². The molecule has 1 saturated carbocycles. The monoisotopic (exact) mass is 573 g/mol. The molecule has 210 valence electrons. The number of carbonyl (C=O) groups is 1. The summed E-state index contributed by atoms with van der Waals surface area (Å²) in [5.74, 6) is 0.215. The van der Waals surface area contributed by atoms with Gasteiger partial charge >= 0.3 is 5.69 Å². The van der Waals surface area contributed by atoms with E-state index in [0.29, 0.717) is 51.7 Å². The second-order valence-corrected chi connectivity index (χ2v) is 11.4. The molecule has 1 aliphatic rings. The number of nitrogens with one attached hydrogen (secondary N) is 1. The summed E-state index contributed by atoms with van der Waals surface area (Å²) in [6.45, 7) is 2.04. The highest BCUT2D eigenvalue weighted by atomic mass is 32.1. The third-order valence-corrected chi connectivity index (χ3v) is 8.32. The van der Waals surface area contributed by atoms with Crippen molar-refractivity contribution in [1.29, 1.82) is 0 Å². The predicted octanol–water partition coefficient (Wildman–Crippen LogP) is 3.70. The number of fused-ring (bicyclic) bond motifs is 1. The van der Waals surface area contributed by atoms with Crippen LogP contribution >= 0.6 is 11.3 Å². The Kier molecular flexibility index (Phi) is 6.78. The Morgan fingerprint density at radius 1 is 1.12 bits per heavy atom. The first kappa shape index (κ1) is 26.6. The van der Waals surface area contributed by atoms with Crippen molar-refractivity contribution in [2.24, 2.45) is 5.92 Å². The molecule has 3 heterocycles. The zero-order chi connectivity index (χ0) is 28.8. The number of aromatic amines is 1. The molecule has 0 spiro atoms. The van der Waals surface area contributed by atoms with Crippen molar-refractivity contribution in [3.05, 3.63) is 103 Å². The van der Waals surface area contributed by atoms with Crippen LogP contribution in [-0.2, 0) is 19.5 Å². The van der Waals surface area contributed by atoms with Crippen LogP contribution in [0.15, 0.2) is 58.1 Å². The molecule has 0 radical (unpaired) electrons. The number of anilines is 2. The first-order valence-corrected chi connectivity index (χ1v) is 14.1. The van der Waals surface area contributed by atoms with E-state index in [1.54, 1.807) is 37.1 Å². The number of nitrogens with zero attached hydrogens (tertiary/aromatic N) is 5. The normalized spacial score (nSPS) is 13.1. The van der Waals surface area contributed by atoms with Gasteiger partial charge in [0.2, 0.25) is 0 Å². The first-order chi connectivity index (χ1) is 19.7. The van der Waals surface area contributed by atoms with Crippen LogP contribution in [0.3, 0.4) is 0 Å². The van der Waals surface area contributed by atoms with E-state index in [1.165, 1.54) is 10.6 Å². The Balaban J connectivity index is 1.29. The number of aryl methyl sites for hydroxylation is 1. The summed E-state index contributed by atoms with van der Waals surface area (Å²) in [4.78, 5) is 53.7. The highest BCUT2D eigenvalue weighted by molar-refractivity contribution is 7.17. The Hall–Kier alpha value is -4.58. The molecule has 12 heteroatoms. The molecule has 0 saturated heterocycles. The summed E-state index contributed by atoms with van der Waals surface area (Å²) in [6, 6.07) is 13.6. The number of rotatable bonds is 8. The Morgan fingerprint density at radius 2 is 1.85 bits per heavy atom. The minimum Gasteiger partial charge on any atom is -0.375 e. The quantitative estimate of drug-likeness (QED) is 0.291. The fraction of sp³-hybridized carbons (Fsp3) is 0.276. The number of nitrogens with two attached hydrogens (primary N) is 1. The summed E-state index contributed by atoms with van der Waals surface area (Å²) < 4.78 is 17.0. The van der Waals surface area contributed by atoms with E-state index in [4.69, 9.17) is 5.73 Å². The van der Waals surface area contributed by atoms with Crippen molar-refractivity contribution >= 4 is 39.2 Å². The van der Waals surface area contributed by atoms with Gasteiger partial charge < -0.3 is 15.6 Å². The number of carbonyl (C=O) groups excluding carboxylic acids is 1. The van der Waals surface area contributed by atoms with Crippen LogP contribution in [0.25, 0.3) is 11.2 Å². The zero-order valence-electron chi connectivity index (χ0n) is 22.6. The van der Waals surface area contributed by atoms with E-state index in [0.717, 1.165) is 34.3 Å². The second kappa shape index (κ2) is 10.4. The first-order valence-electron chi connectivity index (χ1n) is 13.2. The molecule has 1 fully saturated rings. The number of amides is 1. The van der Waals surface area contributed by atoms with Crippen molar-refractivity contribution in [2.75, 3.05) is 17.7 Å². The number of halogens is 1. The maximum Gasteiger partial charge on any atom is 0.333 e. The lowest BCUT2D eigenvalue weighted by atomic mass is 10.1. The lowest BCUT2D eigenvalue weighted by Gasteiger charge is -2.17. The minimum atomic E-state index is -0.534. The van der Waals surface area contributed by atoms with Gasteiger partial charge in [-0.05, 0) is 49.4 Å². The maximum atomic E-state index is 14.4. The summed E-state index contributed by atoms with van der Waals surface area (Å²) >= 11 is 1.16. The smallest absolute Gasteiger partial charge is 0.333 e.